The summed E-state index contributed by atoms with van der Waals surface area (Å²) < 4.78 is 22.5. The lowest BCUT2D eigenvalue weighted by Gasteiger charge is -2.26. The van der Waals surface area contributed by atoms with Gasteiger partial charge in [0.05, 0.1) is 28.4 Å². The molecule has 224 valence electrons. The van der Waals surface area contributed by atoms with Crippen LogP contribution in [0, 0.1) is 5.92 Å². The number of benzene rings is 2. The first-order chi connectivity index (χ1) is 18.0. The molecule has 8 heteroatoms. The van der Waals surface area contributed by atoms with Crippen molar-refractivity contribution < 1.29 is 18.9 Å². The van der Waals surface area contributed by atoms with E-state index in [9.17, 15) is 0 Å². The Balaban J connectivity index is 0.00000722. The molecule has 0 aliphatic rings. The molecule has 39 heavy (non-hydrogen) atoms. The van der Waals surface area contributed by atoms with E-state index >= 15 is 0 Å². The number of halogens is 2. The second-order valence-corrected chi connectivity index (χ2v) is 9.75. The highest BCUT2D eigenvalue weighted by molar-refractivity contribution is 5.85. The van der Waals surface area contributed by atoms with Crippen LogP contribution >= 0.6 is 24.8 Å². The largest absolute Gasteiger partial charge is 0.493 e. The molecule has 2 rings (SSSR count). The predicted molar refractivity (Wildman–Crippen MR) is 168 cm³/mol. The van der Waals surface area contributed by atoms with Gasteiger partial charge in [0, 0.05) is 24.2 Å². The quantitative estimate of drug-likeness (QED) is 0.214. The van der Waals surface area contributed by atoms with Crippen molar-refractivity contribution in [3.63, 3.8) is 0 Å². The average molecular weight is 588 g/mol. The molecular formula is C31H52Cl2N2O4. The van der Waals surface area contributed by atoms with Gasteiger partial charge in [-0.3, -0.25) is 0 Å². The molecule has 2 aromatic rings. The van der Waals surface area contributed by atoms with E-state index in [1.54, 1.807) is 28.4 Å². The first kappa shape index (κ1) is 37.1. The van der Waals surface area contributed by atoms with E-state index in [1.165, 1.54) is 35.1 Å². The highest BCUT2D eigenvalue weighted by atomic mass is 35.5. The second-order valence-electron chi connectivity index (χ2n) is 9.75. The third-order valence-electron chi connectivity index (χ3n) is 7.43. The van der Waals surface area contributed by atoms with Gasteiger partial charge in [-0.05, 0) is 87.2 Å². The fourth-order valence-corrected chi connectivity index (χ4v) is 5.21. The standard InChI is InChI=1S/C31H50N2O4.2ClH/c1-8-26-24(12-14-28(34-4)30(26)36-6)17-21-33(20-16-23(3)11-10-19-32)22-18-25-13-15-29(35-5)31(37-7)27(25)9-2;;/h12-15,23H,8-11,16-22,32H2,1-7H3;2*1H. The molecule has 0 saturated carbocycles. The molecule has 2 aromatic carbocycles. The summed E-state index contributed by atoms with van der Waals surface area (Å²) in [5.41, 5.74) is 10.9. The van der Waals surface area contributed by atoms with Gasteiger partial charge in [-0.2, -0.15) is 0 Å². The van der Waals surface area contributed by atoms with Crippen molar-refractivity contribution in [2.45, 2.75) is 65.7 Å². The molecule has 0 aliphatic carbocycles. The van der Waals surface area contributed by atoms with Crippen LogP contribution in [0.2, 0.25) is 0 Å². The SMILES string of the molecule is CCc1c(CCN(CCc2ccc(OC)c(OC)c2CC)CCC(C)CCCN)ccc(OC)c1OC.Cl.Cl. The minimum absolute atomic E-state index is 0. The number of rotatable bonds is 18. The summed E-state index contributed by atoms with van der Waals surface area (Å²) in [4.78, 5) is 2.62. The van der Waals surface area contributed by atoms with Gasteiger partial charge in [0.25, 0.3) is 0 Å². The second kappa shape index (κ2) is 20.1. The number of methoxy groups -OCH3 is 4. The fraction of sp³-hybridized carbons (Fsp3) is 0.613. The molecule has 0 spiro atoms. The molecule has 0 amide bonds. The van der Waals surface area contributed by atoms with Crippen molar-refractivity contribution in [1.29, 1.82) is 0 Å². The molecule has 0 fully saturated rings. The fourth-order valence-electron chi connectivity index (χ4n) is 5.21. The van der Waals surface area contributed by atoms with E-state index in [2.05, 4.69) is 37.8 Å². The van der Waals surface area contributed by atoms with Crippen LogP contribution in [0.5, 0.6) is 23.0 Å². The Labute approximate surface area is 249 Å². The molecule has 0 bridgehead atoms. The van der Waals surface area contributed by atoms with E-state index in [1.807, 2.05) is 12.1 Å². The Bertz CT molecular complexity index is 891. The number of hydrogen-bond donors (Lipinski definition) is 1. The molecular weight excluding hydrogens is 535 g/mol. The molecule has 1 atom stereocenters. The van der Waals surface area contributed by atoms with Gasteiger partial charge < -0.3 is 29.6 Å². The third-order valence-corrected chi connectivity index (χ3v) is 7.43. The van der Waals surface area contributed by atoms with Crippen LogP contribution in [0.25, 0.3) is 0 Å². The van der Waals surface area contributed by atoms with Gasteiger partial charge in [0.2, 0.25) is 0 Å². The van der Waals surface area contributed by atoms with Crippen molar-refractivity contribution >= 4 is 24.8 Å². The summed E-state index contributed by atoms with van der Waals surface area (Å²) in [7, 11) is 6.85. The molecule has 1 unspecified atom stereocenters. The maximum atomic E-state index is 5.75. The van der Waals surface area contributed by atoms with Gasteiger partial charge in [0.15, 0.2) is 23.0 Å². The number of hydrogen-bond acceptors (Lipinski definition) is 6. The summed E-state index contributed by atoms with van der Waals surface area (Å²) in [6.45, 7) is 10.6. The minimum Gasteiger partial charge on any atom is -0.493 e. The lowest BCUT2D eigenvalue weighted by molar-refractivity contribution is 0.255. The lowest BCUT2D eigenvalue weighted by atomic mass is 9.98. The molecule has 0 aliphatic heterocycles. The summed E-state index contributed by atoms with van der Waals surface area (Å²) in [5.74, 6) is 4.00. The number of ether oxygens (including phenoxy) is 4. The normalized spacial score (nSPS) is 11.4. The van der Waals surface area contributed by atoms with Gasteiger partial charge in [-0.25, -0.2) is 0 Å². The van der Waals surface area contributed by atoms with Gasteiger partial charge in [-0.1, -0.05) is 32.9 Å². The van der Waals surface area contributed by atoms with Crippen molar-refractivity contribution in [2.75, 3.05) is 54.6 Å². The van der Waals surface area contributed by atoms with Crippen molar-refractivity contribution in [3.8, 4) is 23.0 Å². The molecule has 0 saturated heterocycles. The summed E-state index contributed by atoms with van der Waals surface area (Å²) >= 11 is 0. The Morgan fingerprint density at radius 1 is 0.692 bits per heavy atom. The Kier molecular flexibility index (Phi) is 19.1. The van der Waals surface area contributed by atoms with E-state index in [4.69, 9.17) is 24.7 Å². The van der Waals surface area contributed by atoms with Crippen LogP contribution in [0.3, 0.4) is 0 Å². The van der Waals surface area contributed by atoms with Crippen LogP contribution in [0.4, 0.5) is 0 Å². The van der Waals surface area contributed by atoms with Crippen molar-refractivity contribution in [3.05, 3.63) is 46.5 Å². The smallest absolute Gasteiger partial charge is 0.164 e. The predicted octanol–water partition coefficient (Wildman–Crippen LogP) is 6.54. The highest BCUT2D eigenvalue weighted by Crippen LogP contribution is 2.35. The third kappa shape index (κ3) is 10.6. The van der Waals surface area contributed by atoms with E-state index < -0.39 is 0 Å². The minimum atomic E-state index is 0. The Hall–Kier alpha value is -1.86. The lowest BCUT2D eigenvalue weighted by Crippen LogP contribution is -2.31. The zero-order valence-corrected chi connectivity index (χ0v) is 26.8. The topological polar surface area (TPSA) is 66.2 Å². The maximum absolute atomic E-state index is 5.75. The van der Waals surface area contributed by atoms with Crippen molar-refractivity contribution in [1.82, 2.24) is 4.90 Å². The van der Waals surface area contributed by atoms with E-state index in [0.29, 0.717) is 5.92 Å². The zero-order valence-electron chi connectivity index (χ0n) is 25.1. The zero-order chi connectivity index (χ0) is 27.2. The van der Waals surface area contributed by atoms with E-state index in [0.717, 1.165) is 81.3 Å². The number of nitrogens with zero attached hydrogens (tertiary/aromatic N) is 1. The van der Waals surface area contributed by atoms with Crippen LogP contribution in [0.1, 0.15) is 62.3 Å². The van der Waals surface area contributed by atoms with Crippen LogP contribution in [-0.4, -0.2) is 59.5 Å². The first-order valence-electron chi connectivity index (χ1n) is 13.9. The average Bonchev–Trinajstić information content (AvgIpc) is 2.93. The molecule has 0 aromatic heterocycles. The molecule has 2 N–H and O–H groups in total. The van der Waals surface area contributed by atoms with Gasteiger partial charge >= 0.3 is 0 Å². The molecule has 0 heterocycles. The number of nitrogens with two attached hydrogens (primary N) is 1. The summed E-state index contributed by atoms with van der Waals surface area (Å²) in [5, 5.41) is 0. The summed E-state index contributed by atoms with van der Waals surface area (Å²) in [6.07, 6.45) is 7.25. The van der Waals surface area contributed by atoms with Crippen LogP contribution < -0.4 is 24.7 Å². The molecule has 0 radical (unpaired) electrons. The van der Waals surface area contributed by atoms with Crippen molar-refractivity contribution in [2.24, 2.45) is 11.7 Å². The Morgan fingerprint density at radius 3 is 1.51 bits per heavy atom. The van der Waals surface area contributed by atoms with E-state index in [-0.39, 0.29) is 24.8 Å². The van der Waals surface area contributed by atoms with Gasteiger partial charge in [0.1, 0.15) is 0 Å². The molecule has 6 nitrogen and oxygen atoms in total. The highest BCUT2D eigenvalue weighted by Gasteiger charge is 2.17. The van der Waals surface area contributed by atoms with Crippen LogP contribution in [-0.2, 0) is 25.7 Å². The van der Waals surface area contributed by atoms with Gasteiger partial charge in [-0.15, -0.1) is 24.8 Å². The monoisotopic (exact) mass is 586 g/mol. The first-order valence-corrected chi connectivity index (χ1v) is 13.9. The van der Waals surface area contributed by atoms with Crippen LogP contribution in [0.15, 0.2) is 24.3 Å². The maximum Gasteiger partial charge on any atom is 0.164 e. The summed E-state index contributed by atoms with van der Waals surface area (Å²) in [6, 6.07) is 8.46. The Morgan fingerprint density at radius 2 is 1.15 bits per heavy atom.